The van der Waals surface area contributed by atoms with Crippen molar-refractivity contribution in [2.75, 3.05) is 13.1 Å². The lowest BCUT2D eigenvalue weighted by Crippen LogP contribution is -2.71. The standard InChI is InChI=1S/C9H16N2O4/c1-4-9(15)10-2-5-7(13)8(14)6(12)3-11(4)5/h4-8,12-14H,2-3H2,1H3,(H,10,15)/t4-,5-,6-,7+,8+/m0/s1. The molecule has 0 aromatic carbocycles. The molecule has 0 aliphatic carbocycles. The minimum atomic E-state index is -1.13. The number of amides is 1. The molecule has 0 spiro atoms. The average molecular weight is 216 g/mol. The van der Waals surface area contributed by atoms with E-state index in [1.54, 1.807) is 11.8 Å². The first-order valence-electron chi connectivity index (χ1n) is 5.10. The highest BCUT2D eigenvalue weighted by Gasteiger charge is 2.46. The molecule has 2 aliphatic rings. The lowest BCUT2D eigenvalue weighted by Gasteiger charge is -2.48. The molecular formula is C9H16N2O4. The molecule has 2 saturated heterocycles. The fourth-order valence-electron chi connectivity index (χ4n) is 2.30. The molecule has 0 aromatic rings. The Hall–Kier alpha value is -0.690. The monoisotopic (exact) mass is 216 g/mol. The molecule has 2 aliphatic heterocycles. The summed E-state index contributed by atoms with van der Waals surface area (Å²) in [5, 5.41) is 31.4. The van der Waals surface area contributed by atoms with Crippen molar-refractivity contribution in [2.24, 2.45) is 0 Å². The highest BCUT2D eigenvalue weighted by Crippen LogP contribution is 2.23. The molecule has 15 heavy (non-hydrogen) atoms. The van der Waals surface area contributed by atoms with Crippen LogP contribution in [0.1, 0.15) is 6.92 Å². The number of fused-ring (bicyclic) bond motifs is 1. The molecule has 6 nitrogen and oxygen atoms in total. The van der Waals surface area contributed by atoms with E-state index in [9.17, 15) is 20.1 Å². The summed E-state index contributed by atoms with van der Waals surface area (Å²) in [7, 11) is 0. The van der Waals surface area contributed by atoms with Gasteiger partial charge in [-0.25, -0.2) is 0 Å². The van der Waals surface area contributed by atoms with Gasteiger partial charge in [0.1, 0.15) is 6.10 Å². The van der Waals surface area contributed by atoms with Crippen LogP contribution in [0.4, 0.5) is 0 Å². The summed E-state index contributed by atoms with van der Waals surface area (Å²) >= 11 is 0. The first-order valence-corrected chi connectivity index (χ1v) is 5.10. The molecule has 0 bridgehead atoms. The summed E-state index contributed by atoms with van der Waals surface area (Å²) in [6.45, 7) is 2.25. The van der Waals surface area contributed by atoms with Gasteiger partial charge in [0.05, 0.1) is 24.3 Å². The molecule has 2 heterocycles. The molecule has 4 N–H and O–H groups in total. The van der Waals surface area contributed by atoms with E-state index in [0.29, 0.717) is 6.54 Å². The zero-order valence-corrected chi connectivity index (χ0v) is 8.50. The van der Waals surface area contributed by atoms with E-state index in [2.05, 4.69) is 5.32 Å². The van der Waals surface area contributed by atoms with Crippen LogP contribution < -0.4 is 5.32 Å². The van der Waals surface area contributed by atoms with Crippen molar-refractivity contribution in [1.82, 2.24) is 10.2 Å². The van der Waals surface area contributed by atoms with Gasteiger partial charge in [-0.15, -0.1) is 0 Å². The minimum absolute atomic E-state index is 0.109. The molecule has 0 saturated carbocycles. The van der Waals surface area contributed by atoms with E-state index in [-0.39, 0.29) is 24.5 Å². The predicted molar refractivity (Wildman–Crippen MR) is 51.0 cm³/mol. The number of hydrogen-bond acceptors (Lipinski definition) is 5. The van der Waals surface area contributed by atoms with Crippen LogP contribution in [0.25, 0.3) is 0 Å². The van der Waals surface area contributed by atoms with E-state index >= 15 is 0 Å². The number of aliphatic hydroxyl groups excluding tert-OH is 3. The number of nitrogens with zero attached hydrogens (tertiary/aromatic N) is 1. The van der Waals surface area contributed by atoms with Crippen molar-refractivity contribution >= 4 is 5.91 Å². The largest absolute Gasteiger partial charge is 0.389 e. The van der Waals surface area contributed by atoms with Gasteiger partial charge < -0.3 is 20.6 Å². The highest BCUT2D eigenvalue weighted by atomic mass is 16.4. The van der Waals surface area contributed by atoms with Gasteiger partial charge in [0.25, 0.3) is 0 Å². The summed E-state index contributed by atoms with van der Waals surface area (Å²) in [6, 6.07) is -0.684. The van der Waals surface area contributed by atoms with Gasteiger partial charge in [0, 0.05) is 13.1 Å². The van der Waals surface area contributed by atoms with Gasteiger partial charge in [-0.05, 0) is 6.92 Å². The zero-order chi connectivity index (χ0) is 11.2. The molecule has 86 valence electrons. The van der Waals surface area contributed by atoms with Crippen LogP contribution in [-0.4, -0.2) is 69.6 Å². The maximum Gasteiger partial charge on any atom is 0.237 e. The van der Waals surface area contributed by atoms with Crippen LogP contribution in [0, 0.1) is 0 Å². The van der Waals surface area contributed by atoms with Crippen LogP contribution in [-0.2, 0) is 4.79 Å². The third-order valence-corrected chi connectivity index (χ3v) is 3.32. The van der Waals surface area contributed by atoms with E-state index in [1.807, 2.05) is 0 Å². The molecule has 2 rings (SSSR count). The van der Waals surface area contributed by atoms with Gasteiger partial charge in [0.2, 0.25) is 5.91 Å². The van der Waals surface area contributed by atoms with Gasteiger partial charge in [0.15, 0.2) is 0 Å². The van der Waals surface area contributed by atoms with Crippen molar-refractivity contribution in [1.29, 1.82) is 0 Å². The van der Waals surface area contributed by atoms with Crippen molar-refractivity contribution in [3.05, 3.63) is 0 Å². The normalized spacial score (nSPS) is 47.2. The fourth-order valence-corrected chi connectivity index (χ4v) is 2.30. The Balaban J connectivity index is 2.18. The van der Waals surface area contributed by atoms with E-state index in [0.717, 1.165) is 0 Å². The van der Waals surface area contributed by atoms with Crippen LogP contribution in [0.5, 0.6) is 0 Å². The summed E-state index contributed by atoms with van der Waals surface area (Å²) in [4.78, 5) is 13.1. The second kappa shape index (κ2) is 3.71. The molecule has 6 heteroatoms. The first kappa shape index (κ1) is 10.8. The number of piperazine rings is 1. The molecule has 5 atom stereocenters. The number of hydrogen-bond donors (Lipinski definition) is 4. The second-order valence-corrected chi connectivity index (χ2v) is 4.23. The smallest absolute Gasteiger partial charge is 0.237 e. The van der Waals surface area contributed by atoms with Crippen LogP contribution >= 0.6 is 0 Å². The minimum Gasteiger partial charge on any atom is -0.389 e. The zero-order valence-electron chi connectivity index (χ0n) is 8.50. The first-order chi connectivity index (χ1) is 7.02. The Bertz CT molecular complexity index is 273. The number of rotatable bonds is 0. The van der Waals surface area contributed by atoms with Gasteiger partial charge in [-0.2, -0.15) is 0 Å². The molecule has 0 unspecified atom stereocenters. The second-order valence-electron chi connectivity index (χ2n) is 4.23. The van der Waals surface area contributed by atoms with Crippen LogP contribution in [0.15, 0.2) is 0 Å². The number of carbonyl (C=O) groups excluding carboxylic acids is 1. The fraction of sp³-hybridized carbons (Fsp3) is 0.889. The molecule has 0 radical (unpaired) electrons. The third kappa shape index (κ3) is 1.63. The Morgan fingerprint density at radius 1 is 1.33 bits per heavy atom. The lowest BCUT2D eigenvalue weighted by atomic mass is 9.90. The summed E-state index contributed by atoms with van der Waals surface area (Å²) in [5.74, 6) is -0.109. The maximum atomic E-state index is 11.4. The van der Waals surface area contributed by atoms with Crippen molar-refractivity contribution in [3.63, 3.8) is 0 Å². The van der Waals surface area contributed by atoms with Crippen molar-refractivity contribution in [3.8, 4) is 0 Å². The Morgan fingerprint density at radius 3 is 2.67 bits per heavy atom. The number of carbonyl (C=O) groups is 1. The molecule has 2 fully saturated rings. The quantitative estimate of drug-likeness (QED) is 0.353. The highest BCUT2D eigenvalue weighted by molar-refractivity contribution is 5.82. The van der Waals surface area contributed by atoms with Gasteiger partial charge in [-0.1, -0.05) is 0 Å². The van der Waals surface area contributed by atoms with E-state index in [4.69, 9.17) is 0 Å². The Labute approximate surface area is 87.5 Å². The summed E-state index contributed by atoms with van der Waals surface area (Å²) in [5.41, 5.74) is 0. The number of aliphatic hydroxyl groups is 3. The average Bonchev–Trinajstić information content (AvgIpc) is 2.21. The Morgan fingerprint density at radius 2 is 2.00 bits per heavy atom. The van der Waals surface area contributed by atoms with Gasteiger partial charge >= 0.3 is 0 Å². The molecule has 0 aromatic heterocycles. The van der Waals surface area contributed by atoms with E-state index in [1.165, 1.54) is 0 Å². The molecular weight excluding hydrogens is 200 g/mol. The number of nitrogens with one attached hydrogen (secondary N) is 1. The lowest BCUT2D eigenvalue weighted by molar-refractivity contribution is -0.162. The van der Waals surface area contributed by atoms with Crippen LogP contribution in [0.3, 0.4) is 0 Å². The number of piperidine rings is 1. The topological polar surface area (TPSA) is 93.0 Å². The van der Waals surface area contributed by atoms with Crippen molar-refractivity contribution in [2.45, 2.75) is 37.3 Å². The SMILES string of the molecule is C[C@H]1C(=O)NC[C@H]2[C@@H](O)[C@H](O)[C@@H](O)CN12. The van der Waals surface area contributed by atoms with Crippen LogP contribution in [0.2, 0.25) is 0 Å². The third-order valence-electron chi connectivity index (χ3n) is 3.32. The molecule has 1 amide bonds. The summed E-state index contributed by atoms with van der Waals surface area (Å²) in [6.07, 6.45) is -3.14. The Kier molecular flexibility index (Phi) is 2.68. The maximum absolute atomic E-state index is 11.4. The predicted octanol–water partition coefficient (Wildman–Crippen LogP) is -2.73. The van der Waals surface area contributed by atoms with Crippen molar-refractivity contribution < 1.29 is 20.1 Å². The summed E-state index contributed by atoms with van der Waals surface area (Å²) < 4.78 is 0. The van der Waals surface area contributed by atoms with E-state index < -0.39 is 18.3 Å². The van der Waals surface area contributed by atoms with Gasteiger partial charge in [-0.3, -0.25) is 9.69 Å².